The zero-order chi connectivity index (χ0) is 13.1. The van der Waals surface area contributed by atoms with E-state index < -0.39 is 0 Å². The topological polar surface area (TPSA) is 42.7 Å². The van der Waals surface area contributed by atoms with Gasteiger partial charge in [-0.25, -0.2) is 9.67 Å². The molecule has 2 rings (SSSR count). The van der Waals surface area contributed by atoms with Crippen molar-refractivity contribution in [1.82, 2.24) is 20.1 Å². The Labute approximate surface area is 112 Å². The zero-order valence-electron chi connectivity index (χ0n) is 11.3. The van der Waals surface area contributed by atoms with E-state index in [9.17, 15) is 0 Å². The SMILES string of the molecule is Cc1ccc(C(C)NCc2ncnn2C(C)C)s1. The van der Waals surface area contributed by atoms with Gasteiger partial charge >= 0.3 is 0 Å². The number of nitrogens with zero attached hydrogens (tertiary/aromatic N) is 3. The van der Waals surface area contributed by atoms with Crippen molar-refractivity contribution >= 4 is 11.3 Å². The van der Waals surface area contributed by atoms with E-state index in [1.807, 2.05) is 16.0 Å². The molecule has 0 aliphatic heterocycles. The summed E-state index contributed by atoms with van der Waals surface area (Å²) in [4.78, 5) is 7.02. The summed E-state index contributed by atoms with van der Waals surface area (Å²) in [5, 5.41) is 7.74. The molecule has 0 radical (unpaired) electrons. The van der Waals surface area contributed by atoms with Crippen LogP contribution in [0, 0.1) is 6.92 Å². The first-order valence-electron chi connectivity index (χ1n) is 6.26. The number of aromatic nitrogens is 3. The van der Waals surface area contributed by atoms with Gasteiger partial charge in [0, 0.05) is 21.8 Å². The van der Waals surface area contributed by atoms with Crippen LogP contribution in [0.15, 0.2) is 18.5 Å². The van der Waals surface area contributed by atoms with Crippen molar-refractivity contribution in [3.63, 3.8) is 0 Å². The van der Waals surface area contributed by atoms with Crippen molar-refractivity contribution in [3.8, 4) is 0 Å². The molecule has 0 saturated carbocycles. The van der Waals surface area contributed by atoms with E-state index in [0.29, 0.717) is 12.1 Å². The molecule has 1 atom stereocenters. The van der Waals surface area contributed by atoms with E-state index in [-0.39, 0.29) is 0 Å². The normalized spacial score (nSPS) is 13.2. The smallest absolute Gasteiger partial charge is 0.141 e. The number of hydrogen-bond donors (Lipinski definition) is 1. The molecule has 18 heavy (non-hydrogen) atoms. The second-order valence-corrected chi connectivity index (χ2v) is 6.09. The van der Waals surface area contributed by atoms with Gasteiger partial charge in [0.2, 0.25) is 0 Å². The molecule has 4 nitrogen and oxygen atoms in total. The first-order chi connectivity index (χ1) is 8.58. The van der Waals surface area contributed by atoms with Gasteiger partial charge in [-0.15, -0.1) is 11.3 Å². The summed E-state index contributed by atoms with van der Waals surface area (Å²) in [7, 11) is 0. The van der Waals surface area contributed by atoms with Crippen molar-refractivity contribution in [3.05, 3.63) is 34.0 Å². The van der Waals surface area contributed by atoms with Crippen LogP contribution >= 0.6 is 11.3 Å². The molecular weight excluding hydrogens is 244 g/mol. The summed E-state index contributed by atoms with van der Waals surface area (Å²) >= 11 is 1.84. The summed E-state index contributed by atoms with van der Waals surface area (Å²) in [6, 6.07) is 5.05. The predicted molar refractivity (Wildman–Crippen MR) is 74.7 cm³/mol. The second kappa shape index (κ2) is 5.63. The highest BCUT2D eigenvalue weighted by molar-refractivity contribution is 7.12. The quantitative estimate of drug-likeness (QED) is 0.902. The minimum Gasteiger partial charge on any atom is -0.302 e. The van der Waals surface area contributed by atoms with Gasteiger partial charge in [0.1, 0.15) is 12.2 Å². The lowest BCUT2D eigenvalue weighted by molar-refractivity contribution is 0.475. The highest BCUT2D eigenvalue weighted by Gasteiger charge is 2.11. The van der Waals surface area contributed by atoms with Crippen LogP contribution in [0.25, 0.3) is 0 Å². The highest BCUT2D eigenvalue weighted by atomic mass is 32.1. The van der Waals surface area contributed by atoms with Crippen LogP contribution in [0.2, 0.25) is 0 Å². The molecule has 98 valence electrons. The zero-order valence-corrected chi connectivity index (χ0v) is 12.2. The highest BCUT2D eigenvalue weighted by Crippen LogP contribution is 2.22. The molecule has 2 aromatic rings. The Hall–Kier alpha value is -1.20. The lowest BCUT2D eigenvalue weighted by atomic mass is 10.2. The van der Waals surface area contributed by atoms with E-state index in [4.69, 9.17) is 0 Å². The van der Waals surface area contributed by atoms with Crippen LogP contribution in [-0.2, 0) is 6.54 Å². The third-order valence-corrected chi connectivity index (χ3v) is 4.07. The molecule has 1 unspecified atom stereocenters. The summed E-state index contributed by atoms with van der Waals surface area (Å²) in [6.45, 7) is 9.29. The average Bonchev–Trinajstić information content (AvgIpc) is 2.94. The van der Waals surface area contributed by atoms with Gasteiger partial charge in [-0.05, 0) is 39.8 Å². The van der Waals surface area contributed by atoms with E-state index in [1.165, 1.54) is 9.75 Å². The Morgan fingerprint density at radius 2 is 2.11 bits per heavy atom. The van der Waals surface area contributed by atoms with Gasteiger partial charge < -0.3 is 5.32 Å². The molecule has 0 fully saturated rings. The number of rotatable bonds is 5. The Balaban J connectivity index is 1.97. The molecule has 0 saturated heterocycles. The third-order valence-electron chi connectivity index (χ3n) is 2.89. The predicted octanol–water partition coefficient (Wildman–Crippen LogP) is 3.08. The molecule has 0 aromatic carbocycles. The number of hydrogen-bond acceptors (Lipinski definition) is 4. The minimum absolute atomic E-state index is 0.348. The van der Waals surface area contributed by atoms with Crippen molar-refractivity contribution in [2.75, 3.05) is 0 Å². The summed E-state index contributed by atoms with van der Waals surface area (Å²) in [5.74, 6) is 0.991. The Bertz CT molecular complexity index is 501. The number of thiophene rings is 1. The van der Waals surface area contributed by atoms with Crippen LogP contribution in [0.5, 0.6) is 0 Å². The van der Waals surface area contributed by atoms with Gasteiger partial charge in [0.15, 0.2) is 0 Å². The van der Waals surface area contributed by atoms with Gasteiger partial charge in [-0.2, -0.15) is 5.10 Å². The van der Waals surface area contributed by atoms with E-state index in [1.54, 1.807) is 6.33 Å². The molecule has 0 aliphatic carbocycles. The minimum atomic E-state index is 0.348. The molecule has 0 aliphatic rings. The van der Waals surface area contributed by atoms with Crippen LogP contribution in [-0.4, -0.2) is 14.8 Å². The lowest BCUT2D eigenvalue weighted by Crippen LogP contribution is -2.21. The lowest BCUT2D eigenvalue weighted by Gasteiger charge is -2.13. The maximum absolute atomic E-state index is 4.30. The molecule has 0 spiro atoms. The fraction of sp³-hybridized carbons (Fsp3) is 0.538. The maximum atomic E-state index is 4.30. The van der Waals surface area contributed by atoms with Crippen LogP contribution in [0.1, 0.15) is 48.4 Å². The molecular formula is C13H20N4S. The van der Waals surface area contributed by atoms with Gasteiger partial charge in [0.05, 0.1) is 6.54 Å². The fourth-order valence-electron chi connectivity index (χ4n) is 1.86. The Kier molecular flexibility index (Phi) is 4.14. The molecule has 2 heterocycles. The first kappa shape index (κ1) is 13.2. The van der Waals surface area contributed by atoms with Crippen molar-refractivity contribution in [1.29, 1.82) is 0 Å². The van der Waals surface area contributed by atoms with Crippen molar-refractivity contribution in [2.45, 2.75) is 46.3 Å². The van der Waals surface area contributed by atoms with Gasteiger partial charge in [0.25, 0.3) is 0 Å². The number of nitrogens with one attached hydrogen (secondary N) is 1. The van der Waals surface area contributed by atoms with E-state index in [0.717, 1.165) is 12.4 Å². The first-order valence-corrected chi connectivity index (χ1v) is 7.07. The molecule has 0 amide bonds. The largest absolute Gasteiger partial charge is 0.302 e. The molecule has 0 bridgehead atoms. The van der Waals surface area contributed by atoms with E-state index in [2.05, 4.69) is 55.2 Å². The summed E-state index contributed by atoms with van der Waals surface area (Å²) < 4.78 is 1.96. The Morgan fingerprint density at radius 3 is 2.72 bits per heavy atom. The summed E-state index contributed by atoms with van der Waals surface area (Å²) in [6.07, 6.45) is 1.62. The molecule has 2 aromatic heterocycles. The van der Waals surface area contributed by atoms with E-state index >= 15 is 0 Å². The number of aryl methyl sites for hydroxylation is 1. The second-order valence-electron chi connectivity index (χ2n) is 4.77. The van der Waals surface area contributed by atoms with Gasteiger partial charge in [-0.1, -0.05) is 0 Å². The monoisotopic (exact) mass is 264 g/mol. The average molecular weight is 264 g/mol. The third kappa shape index (κ3) is 2.97. The molecule has 5 heteroatoms. The van der Waals surface area contributed by atoms with Crippen LogP contribution < -0.4 is 5.32 Å². The summed E-state index contributed by atoms with van der Waals surface area (Å²) in [5.41, 5.74) is 0. The molecule has 1 N–H and O–H groups in total. The van der Waals surface area contributed by atoms with Crippen molar-refractivity contribution < 1.29 is 0 Å². The fourth-order valence-corrected chi connectivity index (χ4v) is 2.77. The van der Waals surface area contributed by atoms with Gasteiger partial charge in [-0.3, -0.25) is 0 Å². The van der Waals surface area contributed by atoms with Crippen LogP contribution in [0.3, 0.4) is 0 Å². The van der Waals surface area contributed by atoms with Crippen LogP contribution in [0.4, 0.5) is 0 Å². The standard InChI is InChI=1S/C13H20N4S/c1-9(2)17-13(15-8-16-17)7-14-11(4)12-6-5-10(3)18-12/h5-6,8-9,11,14H,7H2,1-4H3. The maximum Gasteiger partial charge on any atom is 0.141 e. The Morgan fingerprint density at radius 1 is 1.33 bits per heavy atom. The van der Waals surface area contributed by atoms with Crippen molar-refractivity contribution in [2.24, 2.45) is 0 Å².